The molecule has 1 aromatic heterocycles. The Kier molecular flexibility index (Phi) is 5.94. The van der Waals surface area contributed by atoms with Gasteiger partial charge in [-0.15, -0.1) is 5.10 Å². The summed E-state index contributed by atoms with van der Waals surface area (Å²) in [4.78, 5) is 26.2. The van der Waals surface area contributed by atoms with E-state index in [0.717, 1.165) is 6.29 Å². The van der Waals surface area contributed by atoms with Crippen molar-refractivity contribution in [2.45, 2.75) is 39.8 Å². The van der Waals surface area contributed by atoms with E-state index in [2.05, 4.69) is 49.3 Å². The van der Waals surface area contributed by atoms with Crippen LogP contribution < -0.4 is 19.7 Å². The molecule has 0 unspecified atom stereocenters. The second-order valence-electron chi connectivity index (χ2n) is 10.1. The molecule has 9 nitrogen and oxygen atoms in total. The molecule has 9 heteroatoms. The normalized spacial score (nSPS) is 22.5. The third-order valence-electron chi connectivity index (χ3n) is 7.01. The lowest BCUT2D eigenvalue weighted by Gasteiger charge is -2.63. The van der Waals surface area contributed by atoms with Crippen molar-refractivity contribution in [3.05, 3.63) is 41.6 Å². The summed E-state index contributed by atoms with van der Waals surface area (Å²) < 4.78 is 11.6. The van der Waals surface area contributed by atoms with Gasteiger partial charge in [0.15, 0.2) is 5.82 Å². The van der Waals surface area contributed by atoms with Gasteiger partial charge in [0.1, 0.15) is 30.0 Å². The number of benzene rings is 1. The van der Waals surface area contributed by atoms with E-state index in [-0.39, 0.29) is 34.8 Å². The zero-order chi connectivity index (χ0) is 24.7. The van der Waals surface area contributed by atoms with Crippen LogP contribution in [-0.4, -0.2) is 54.7 Å². The first kappa shape index (κ1) is 23.5. The molecule has 4 rings (SSSR count). The summed E-state index contributed by atoms with van der Waals surface area (Å²) in [5, 5.41) is 20.5. The number of nitrogens with zero attached hydrogens (tertiary/aromatic N) is 4. The Hall–Kier alpha value is -3.67. The van der Waals surface area contributed by atoms with Crippen molar-refractivity contribution in [1.82, 2.24) is 15.5 Å². The predicted molar refractivity (Wildman–Crippen MR) is 125 cm³/mol. The van der Waals surface area contributed by atoms with Gasteiger partial charge in [-0.25, -0.2) is 0 Å². The number of carbonyl (C=O) groups is 2. The maximum Gasteiger partial charge on any atom is 0.255 e. The monoisotopic (exact) mass is 463 g/mol. The highest BCUT2D eigenvalue weighted by Crippen LogP contribution is 2.55. The summed E-state index contributed by atoms with van der Waals surface area (Å²) in [6, 6.07) is 8.73. The highest BCUT2D eigenvalue weighted by atomic mass is 16.5. The number of ether oxygens (including phenoxy) is 2. The Balaban J connectivity index is 1.50. The Morgan fingerprint density at radius 1 is 1.24 bits per heavy atom. The van der Waals surface area contributed by atoms with Crippen LogP contribution in [0.2, 0.25) is 0 Å². The van der Waals surface area contributed by atoms with Gasteiger partial charge in [0.25, 0.3) is 5.91 Å². The van der Waals surface area contributed by atoms with Crippen LogP contribution in [0.5, 0.6) is 11.5 Å². The molecule has 0 radical (unpaired) electrons. The van der Waals surface area contributed by atoms with Crippen LogP contribution in [0.1, 0.15) is 43.6 Å². The van der Waals surface area contributed by atoms with Crippen LogP contribution in [0.4, 0.5) is 5.82 Å². The summed E-state index contributed by atoms with van der Waals surface area (Å²) in [5.74, 6) is 1.28. The third-order valence-corrected chi connectivity index (χ3v) is 7.01. The van der Waals surface area contributed by atoms with E-state index >= 15 is 0 Å². The molecule has 2 aromatic rings. The molecule has 0 spiro atoms. The fourth-order valence-corrected chi connectivity index (χ4v) is 5.49. The van der Waals surface area contributed by atoms with Crippen molar-refractivity contribution in [1.29, 1.82) is 5.26 Å². The average Bonchev–Trinajstić information content (AvgIpc) is 2.79. The molecule has 1 aliphatic heterocycles. The van der Waals surface area contributed by atoms with E-state index < -0.39 is 0 Å². The van der Waals surface area contributed by atoms with Gasteiger partial charge in [-0.3, -0.25) is 4.79 Å². The molecule has 34 heavy (non-hydrogen) atoms. The van der Waals surface area contributed by atoms with Crippen LogP contribution >= 0.6 is 0 Å². The van der Waals surface area contributed by atoms with Crippen molar-refractivity contribution in [3.8, 4) is 17.6 Å². The van der Waals surface area contributed by atoms with E-state index in [9.17, 15) is 14.9 Å². The number of aromatic nitrogens is 2. The molecule has 1 aromatic carbocycles. The fraction of sp³-hybridized carbons (Fsp3) is 0.480. The number of nitriles is 1. The summed E-state index contributed by atoms with van der Waals surface area (Å²) in [6.45, 7) is 9.31. The minimum atomic E-state index is -0.375. The lowest BCUT2D eigenvalue weighted by molar-refractivity contribution is -0.164. The lowest BCUT2D eigenvalue weighted by atomic mass is 9.49. The predicted octanol–water partition coefficient (Wildman–Crippen LogP) is 2.60. The number of nitrogens with one attached hydrogen (secondary N) is 1. The van der Waals surface area contributed by atoms with Crippen molar-refractivity contribution in [2.24, 2.45) is 16.7 Å². The molecule has 1 aliphatic carbocycles. The molecule has 0 bridgehead atoms. The zero-order valence-electron chi connectivity index (χ0n) is 20.0. The maximum atomic E-state index is 13.3. The van der Waals surface area contributed by atoms with Gasteiger partial charge in [-0.05, 0) is 18.2 Å². The number of hydrogen-bond acceptors (Lipinski definition) is 8. The van der Waals surface area contributed by atoms with Crippen molar-refractivity contribution in [3.63, 3.8) is 0 Å². The zero-order valence-corrected chi connectivity index (χ0v) is 20.0. The average molecular weight is 464 g/mol. The van der Waals surface area contributed by atoms with E-state index in [4.69, 9.17) is 9.47 Å². The summed E-state index contributed by atoms with van der Waals surface area (Å²) in [6.07, 6.45) is 2.23. The SMILES string of the molecule is COc1cc(OC2C(C)(C)C(NC(=O)c3ccnnc3N3CC(C=O)C3)C2(C)C)ccc1C#N. The molecular formula is C25H29N5O4. The highest BCUT2D eigenvalue weighted by molar-refractivity contribution is 5.99. The second-order valence-corrected chi connectivity index (χ2v) is 10.1. The van der Waals surface area contributed by atoms with Crippen LogP contribution in [0, 0.1) is 28.1 Å². The topological polar surface area (TPSA) is 117 Å². The Labute approximate surface area is 199 Å². The number of anilines is 1. The van der Waals surface area contributed by atoms with E-state index in [1.807, 2.05) is 4.90 Å². The smallest absolute Gasteiger partial charge is 0.255 e. The quantitative estimate of drug-likeness (QED) is 0.623. The van der Waals surface area contributed by atoms with Crippen LogP contribution in [0.3, 0.4) is 0 Å². The molecule has 1 N–H and O–H groups in total. The van der Waals surface area contributed by atoms with Crippen molar-refractivity contribution in [2.75, 3.05) is 25.1 Å². The third kappa shape index (κ3) is 3.83. The summed E-state index contributed by atoms with van der Waals surface area (Å²) >= 11 is 0. The summed E-state index contributed by atoms with van der Waals surface area (Å²) in [5.41, 5.74) is 0.128. The first-order valence-corrected chi connectivity index (χ1v) is 11.2. The molecule has 0 atom stereocenters. The van der Waals surface area contributed by atoms with Gasteiger partial charge in [0.2, 0.25) is 0 Å². The van der Waals surface area contributed by atoms with Gasteiger partial charge < -0.3 is 24.5 Å². The van der Waals surface area contributed by atoms with Crippen molar-refractivity contribution < 1.29 is 19.1 Å². The van der Waals surface area contributed by atoms with Crippen LogP contribution in [0.25, 0.3) is 0 Å². The number of aldehydes is 1. The molecular weight excluding hydrogens is 434 g/mol. The number of rotatable bonds is 7. The van der Waals surface area contributed by atoms with Gasteiger partial charge in [-0.1, -0.05) is 27.7 Å². The second kappa shape index (κ2) is 8.60. The minimum Gasteiger partial charge on any atom is -0.495 e. The standard InChI is InChI=1S/C25H29N5O4/c1-24(2)22(25(3,4)23(24)34-17-7-6-16(11-26)19(10-17)33-5)28-21(32)18-8-9-27-29-20(18)30-12-15(13-30)14-31/h6-10,14-15,22-23H,12-13H2,1-5H3,(H,28,32). The van der Waals surface area contributed by atoms with Gasteiger partial charge in [0.05, 0.1) is 24.4 Å². The number of carbonyl (C=O) groups excluding carboxylic acids is 2. The molecule has 1 amide bonds. The van der Waals surface area contributed by atoms with Gasteiger partial charge in [-0.2, -0.15) is 10.4 Å². The number of hydrogen-bond donors (Lipinski definition) is 1. The van der Waals surface area contributed by atoms with Crippen LogP contribution in [-0.2, 0) is 4.79 Å². The Bertz CT molecular complexity index is 1130. The number of methoxy groups -OCH3 is 1. The van der Waals surface area contributed by atoms with Crippen molar-refractivity contribution >= 4 is 18.0 Å². The number of amides is 1. The maximum absolute atomic E-state index is 13.3. The van der Waals surface area contributed by atoms with E-state index in [1.54, 1.807) is 24.3 Å². The first-order valence-electron chi connectivity index (χ1n) is 11.2. The van der Waals surface area contributed by atoms with Gasteiger partial charge >= 0.3 is 0 Å². The molecule has 2 fully saturated rings. The molecule has 2 aliphatic rings. The van der Waals surface area contributed by atoms with Gasteiger partial charge in [0, 0.05) is 41.9 Å². The fourth-order valence-electron chi connectivity index (χ4n) is 5.49. The van der Waals surface area contributed by atoms with E-state index in [1.165, 1.54) is 13.3 Å². The molecule has 2 heterocycles. The van der Waals surface area contributed by atoms with Crippen LogP contribution in [0.15, 0.2) is 30.5 Å². The molecule has 178 valence electrons. The highest BCUT2D eigenvalue weighted by Gasteiger charge is 2.64. The Morgan fingerprint density at radius 2 is 1.94 bits per heavy atom. The Morgan fingerprint density at radius 3 is 2.56 bits per heavy atom. The largest absolute Gasteiger partial charge is 0.495 e. The molecule has 1 saturated heterocycles. The minimum absolute atomic E-state index is 0.0406. The lowest BCUT2D eigenvalue weighted by Crippen LogP contribution is -2.74. The molecule has 1 saturated carbocycles. The van der Waals surface area contributed by atoms with E-state index in [0.29, 0.717) is 41.5 Å². The first-order chi connectivity index (χ1) is 16.1. The summed E-state index contributed by atoms with van der Waals surface area (Å²) in [7, 11) is 1.52.